The van der Waals surface area contributed by atoms with Crippen LogP contribution < -0.4 is 15.2 Å². The van der Waals surface area contributed by atoms with Gasteiger partial charge in [-0.1, -0.05) is 12.1 Å². The zero-order valence-corrected chi connectivity index (χ0v) is 11.1. The lowest BCUT2D eigenvalue weighted by atomic mass is 10.3. The lowest BCUT2D eigenvalue weighted by Crippen LogP contribution is -2.41. The molecule has 0 heterocycles. The van der Waals surface area contributed by atoms with Crippen molar-refractivity contribution in [2.24, 2.45) is 5.73 Å². The van der Waals surface area contributed by atoms with E-state index in [0.717, 1.165) is 0 Å². The molecule has 1 amide bonds. The first-order valence-corrected chi connectivity index (χ1v) is 5.82. The predicted molar refractivity (Wildman–Crippen MR) is 69.8 cm³/mol. The minimum Gasteiger partial charge on any atom is -0.493 e. The number of hydrogen-bond acceptors (Lipinski definition) is 4. The largest absolute Gasteiger partial charge is 0.493 e. The van der Waals surface area contributed by atoms with Crippen molar-refractivity contribution >= 4 is 5.91 Å². The van der Waals surface area contributed by atoms with Crippen LogP contribution in [-0.2, 0) is 4.79 Å². The van der Waals surface area contributed by atoms with Crippen LogP contribution in [0.25, 0.3) is 0 Å². The monoisotopic (exact) mass is 252 g/mol. The summed E-state index contributed by atoms with van der Waals surface area (Å²) in [7, 11) is 3.30. The molecule has 0 fully saturated rings. The van der Waals surface area contributed by atoms with E-state index in [1.165, 1.54) is 0 Å². The molecule has 0 aromatic heterocycles. The van der Waals surface area contributed by atoms with E-state index in [-0.39, 0.29) is 5.91 Å². The quantitative estimate of drug-likeness (QED) is 0.816. The van der Waals surface area contributed by atoms with Gasteiger partial charge in [0.1, 0.15) is 6.61 Å². The number of methoxy groups -OCH3 is 1. The molecule has 5 nitrogen and oxygen atoms in total. The van der Waals surface area contributed by atoms with E-state index >= 15 is 0 Å². The van der Waals surface area contributed by atoms with E-state index in [1.54, 1.807) is 26.0 Å². The van der Waals surface area contributed by atoms with Gasteiger partial charge >= 0.3 is 0 Å². The third-order valence-corrected chi connectivity index (χ3v) is 2.52. The molecule has 0 aliphatic heterocycles. The number of likely N-dealkylation sites (N-methyl/N-ethyl adjacent to an activating group) is 1. The number of para-hydroxylation sites is 2. The minimum atomic E-state index is -0.485. The molecule has 0 radical (unpaired) electrons. The van der Waals surface area contributed by atoms with Gasteiger partial charge < -0.3 is 20.1 Å². The SMILES string of the molecule is COc1ccccc1OCCN(C)C(=O)C(C)N. The van der Waals surface area contributed by atoms with E-state index in [0.29, 0.717) is 24.7 Å². The highest BCUT2D eigenvalue weighted by atomic mass is 16.5. The Morgan fingerprint density at radius 2 is 2.00 bits per heavy atom. The van der Waals surface area contributed by atoms with Gasteiger partial charge in [-0.15, -0.1) is 0 Å². The fraction of sp³-hybridized carbons (Fsp3) is 0.462. The van der Waals surface area contributed by atoms with Crippen LogP contribution in [0.2, 0.25) is 0 Å². The fourth-order valence-corrected chi connectivity index (χ4v) is 1.49. The van der Waals surface area contributed by atoms with Gasteiger partial charge in [-0.05, 0) is 19.1 Å². The van der Waals surface area contributed by atoms with Crippen molar-refractivity contribution in [1.82, 2.24) is 4.90 Å². The number of nitrogens with zero attached hydrogens (tertiary/aromatic N) is 1. The number of carbonyl (C=O) groups excluding carboxylic acids is 1. The zero-order chi connectivity index (χ0) is 13.5. The maximum Gasteiger partial charge on any atom is 0.239 e. The molecule has 1 rings (SSSR count). The normalized spacial score (nSPS) is 11.8. The van der Waals surface area contributed by atoms with Crippen LogP contribution in [0.4, 0.5) is 0 Å². The minimum absolute atomic E-state index is 0.0985. The topological polar surface area (TPSA) is 64.8 Å². The van der Waals surface area contributed by atoms with Gasteiger partial charge in [-0.3, -0.25) is 4.79 Å². The summed E-state index contributed by atoms with van der Waals surface area (Å²) >= 11 is 0. The summed E-state index contributed by atoms with van der Waals surface area (Å²) < 4.78 is 10.7. The molecule has 0 spiro atoms. The van der Waals surface area contributed by atoms with Crippen molar-refractivity contribution in [2.75, 3.05) is 27.3 Å². The van der Waals surface area contributed by atoms with Crippen molar-refractivity contribution < 1.29 is 14.3 Å². The maximum atomic E-state index is 11.5. The van der Waals surface area contributed by atoms with E-state index in [4.69, 9.17) is 15.2 Å². The summed E-state index contributed by atoms with van der Waals surface area (Å²) in [6.07, 6.45) is 0. The van der Waals surface area contributed by atoms with E-state index < -0.39 is 6.04 Å². The zero-order valence-electron chi connectivity index (χ0n) is 11.1. The predicted octanol–water partition coefficient (Wildman–Crippen LogP) is 0.880. The van der Waals surface area contributed by atoms with E-state index in [2.05, 4.69) is 0 Å². The average molecular weight is 252 g/mol. The maximum absolute atomic E-state index is 11.5. The van der Waals surface area contributed by atoms with Crippen LogP contribution in [0.1, 0.15) is 6.92 Å². The first-order valence-electron chi connectivity index (χ1n) is 5.82. The molecular weight excluding hydrogens is 232 g/mol. The molecule has 5 heteroatoms. The smallest absolute Gasteiger partial charge is 0.239 e. The van der Waals surface area contributed by atoms with Gasteiger partial charge in [0, 0.05) is 7.05 Å². The van der Waals surface area contributed by atoms with Crippen LogP contribution in [0.3, 0.4) is 0 Å². The Bertz CT molecular complexity index is 394. The summed E-state index contributed by atoms with van der Waals surface area (Å²) in [6.45, 7) is 2.55. The Labute approximate surface area is 107 Å². The summed E-state index contributed by atoms with van der Waals surface area (Å²) in [4.78, 5) is 13.1. The van der Waals surface area contributed by atoms with Crippen molar-refractivity contribution in [3.05, 3.63) is 24.3 Å². The molecule has 1 aromatic rings. The Hall–Kier alpha value is -1.75. The van der Waals surface area contributed by atoms with Crippen molar-refractivity contribution in [3.63, 3.8) is 0 Å². The van der Waals surface area contributed by atoms with Crippen molar-refractivity contribution in [3.8, 4) is 11.5 Å². The summed E-state index contributed by atoms with van der Waals surface area (Å²) in [5.41, 5.74) is 5.51. The second kappa shape index (κ2) is 6.86. The number of carbonyl (C=O) groups is 1. The Balaban J connectivity index is 2.44. The molecule has 1 aromatic carbocycles. The van der Waals surface area contributed by atoms with Crippen LogP contribution in [0, 0.1) is 0 Å². The summed E-state index contributed by atoms with van der Waals surface area (Å²) in [5.74, 6) is 1.25. The molecule has 2 N–H and O–H groups in total. The first kappa shape index (κ1) is 14.3. The number of ether oxygens (including phenoxy) is 2. The number of nitrogens with two attached hydrogens (primary N) is 1. The highest BCUT2D eigenvalue weighted by Crippen LogP contribution is 2.25. The van der Waals surface area contributed by atoms with Gasteiger partial charge in [0.05, 0.1) is 19.7 Å². The van der Waals surface area contributed by atoms with Crippen LogP contribution in [-0.4, -0.2) is 44.2 Å². The molecule has 18 heavy (non-hydrogen) atoms. The third-order valence-electron chi connectivity index (χ3n) is 2.52. The Morgan fingerprint density at radius 3 is 2.56 bits per heavy atom. The lowest BCUT2D eigenvalue weighted by molar-refractivity contribution is -0.131. The Kier molecular flexibility index (Phi) is 5.45. The number of hydrogen-bond donors (Lipinski definition) is 1. The highest BCUT2D eigenvalue weighted by molar-refractivity contribution is 5.80. The van der Waals surface area contributed by atoms with Gasteiger partial charge in [0.25, 0.3) is 0 Å². The Morgan fingerprint density at radius 1 is 1.39 bits per heavy atom. The molecule has 100 valence electrons. The van der Waals surface area contributed by atoms with E-state index in [1.807, 2.05) is 24.3 Å². The molecule has 0 bridgehead atoms. The van der Waals surface area contributed by atoms with Gasteiger partial charge in [0.2, 0.25) is 5.91 Å². The standard InChI is InChI=1S/C13H20N2O3/c1-10(14)13(16)15(2)8-9-18-12-7-5-4-6-11(12)17-3/h4-7,10H,8-9,14H2,1-3H3. The summed E-state index contributed by atoms with van der Waals surface area (Å²) in [6, 6.07) is 6.91. The van der Waals surface area contributed by atoms with Crippen LogP contribution >= 0.6 is 0 Å². The lowest BCUT2D eigenvalue weighted by Gasteiger charge is -2.19. The van der Waals surface area contributed by atoms with Crippen LogP contribution in [0.5, 0.6) is 11.5 Å². The molecular formula is C13H20N2O3. The second-order valence-electron chi connectivity index (χ2n) is 4.05. The average Bonchev–Trinajstić information content (AvgIpc) is 2.38. The van der Waals surface area contributed by atoms with Gasteiger partial charge in [0.15, 0.2) is 11.5 Å². The highest BCUT2D eigenvalue weighted by Gasteiger charge is 2.13. The number of amides is 1. The summed E-state index contributed by atoms with van der Waals surface area (Å²) in [5, 5.41) is 0. The molecule has 0 saturated heterocycles. The molecule has 1 unspecified atom stereocenters. The third kappa shape index (κ3) is 3.92. The number of rotatable bonds is 6. The number of benzene rings is 1. The van der Waals surface area contributed by atoms with Crippen molar-refractivity contribution in [2.45, 2.75) is 13.0 Å². The molecule has 0 aliphatic rings. The van der Waals surface area contributed by atoms with Gasteiger partial charge in [-0.2, -0.15) is 0 Å². The second-order valence-corrected chi connectivity index (χ2v) is 4.05. The first-order chi connectivity index (χ1) is 8.56. The van der Waals surface area contributed by atoms with Crippen LogP contribution in [0.15, 0.2) is 24.3 Å². The molecule has 1 atom stereocenters. The van der Waals surface area contributed by atoms with Crippen molar-refractivity contribution in [1.29, 1.82) is 0 Å². The van der Waals surface area contributed by atoms with Gasteiger partial charge in [-0.25, -0.2) is 0 Å². The molecule has 0 saturated carbocycles. The fourth-order valence-electron chi connectivity index (χ4n) is 1.49. The molecule has 0 aliphatic carbocycles. The van der Waals surface area contributed by atoms with E-state index in [9.17, 15) is 4.79 Å².